The largest absolute Gasteiger partial charge is 0.383 e. The highest BCUT2D eigenvalue weighted by atomic mass is 32.2. The minimum atomic E-state index is -3.10. The monoisotopic (exact) mass is 293 g/mol. The van der Waals surface area contributed by atoms with E-state index >= 15 is 0 Å². The second-order valence-electron chi connectivity index (χ2n) is 4.50. The summed E-state index contributed by atoms with van der Waals surface area (Å²) < 4.78 is 22.0. The fourth-order valence-corrected chi connectivity index (χ4v) is 2.26. The number of nitrogens with zero attached hydrogens (tertiary/aromatic N) is 1. The molecule has 1 aromatic carbocycles. The van der Waals surface area contributed by atoms with Gasteiger partial charge in [-0.15, -0.1) is 0 Å². The molecule has 106 valence electrons. The molecule has 2 rings (SSSR count). The SMILES string of the molecule is CS(=O)(=O)CCNC(=O)c1cc2ccccc2c(N)n1. The Balaban J connectivity index is 2.18. The van der Waals surface area contributed by atoms with E-state index in [1.54, 1.807) is 6.07 Å². The summed E-state index contributed by atoms with van der Waals surface area (Å²) in [6.07, 6.45) is 1.12. The topological polar surface area (TPSA) is 102 Å². The molecule has 0 fully saturated rings. The first-order valence-electron chi connectivity index (χ1n) is 5.98. The number of sulfone groups is 1. The number of nitrogens with one attached hydrogen (secondary N) is 1. The van der Waals surface area contributed by atoms with E-state index in [2.05, 4.69) is 10.3 Å². The molecule has 6 nitrogen and oxygen atoms in total. The predicted octanol–water partition coefficient (Wildman–Crippen LogP) is 0.591. The van der Waals surface area contributed by atoms with Gasteiger partial charge in [-0.3, -0.25) is 4.79 Å². The van der Waals surface area contributed by atoms with Crippen molar-refractivity contribution in [2.75, 3.05) is 24.3 Å². The van der Waals surface area contributed by atoms with Crippen LogP contribution in [0.2, 0.25) is 0 Å². The standard InChI is InChI=1S/C13H15N3O3S/c1-20(18,19)7-6-15-13(17)11-8-9-4-2-3-5-10(9)12(14)16-11/h2-5,8H,6-7H2,1H3,(H2,14,16)(H,15,17). The number of anilines is 1. The number of nitrogen functional groups attached to an aromatic ring is 1. The lowest BCUT2D eigenvalue weighted by Gasteiger charge is -2.07. The maximum absolute atomic E-state index is 11.9. The number of amides is 1. The number of rotatable bonds is 4. The third-order valence-electron chi connectivity index (χ3n) is 2.76. The second kappa shape index (κ2) is 5.46. The molecule has 2 aromatic rings. The number of pyridine rings is 1. The van der Waals surface area contributed by atoms with Crippen LogP contribution in [-0.4, -0.2) is 37.9 Å². The van der Waals surface area contributed by atoms with Gasteiger partial charge in [-0.25, -0.2) is 13.4 Å². The number of fused-ring (bicyclic) bond motifs is 1. The molecule has 1 aromatic heterocycles. The number of benzene rings is 1. The highest BCUT2D eigenvalue weighted by Gasteiger charge is 2.11. The number of nitrogens with two attached hydrogens (primary N) is 1. The summed E-state index contributed by atoms with van der Waals surface area (Å²) in [4.78, 5) is 15.9. The molecule has 0 atom stereocenters. The fourth-order valence-electron chi connectivity index (χ4n) is 1.78. The van der Waals surface area contributed by atoms with Gasteiger partial charge in [0.1, 0.15) is 21.3 Å². The number of hydrogen-bond donors (Lipinski definition) is 2. The van der Waals surface area contributed by atoms with E-state index in [0.29, 0.717) is 0 Å². The average Bonchev–Trinajstić information content (AvgIpc) is 2.37. The zero-order chi connectivity index (χ0) is 14.8. The lowest BCUT2D eigenvalue weighted by Crippen LogP contribution is -2.29. The molecular weight excluding hydrogens is 278 g/mol. The first-order chi connectivity index (χ1) is 9.37. The minimum absolute atomic E-state index is 0.0477. The summed E-state index contributed by atoms with van der Waals surface area (Å²) in [6, 6.07) is 8.96. The predicted molar refractivity (Wildman–Crippen MR) is 78.2 cm³/mol. The Morgan fingerprint density at radius 1 is 1.35 bits per heavy atom. The van der Waals surface area contributed by atoms with Gasteiger partial charge in [0.05, 0.1) is 5.75 Å². The van der Waals surface area contributed by atoms with E-state index in [9.17, 15) is 13.2 Å². The third kappa shape index (κ3) is 3.45. The van der Waals surface area contributed by atoms with E-state index in [1.807, 2.05) is 24.3 Å². The van der Waals surface area contributed by atoms with Crippen LogP contribution >= 0.6 is 0 Å². The molecule has 20 heavy (non-hydrogen) atoms. The van der Waals surface area contributed by atoms with Gasteiger partial charge in [0.15, 0.2) is 0 Å². The number of hydrogen-bond acceptors (Lipinski definition) is 5. The van der Waals surface area contributed by atoms with E-state index in [1.165, 1.54) is 0 Å². The van der Waals surface area contributed by atoms with Gasteiger partial charge in [-0.1, -0.05) is 24.3 Å². The Morgan fingerprint density at radius 2 is 2.05 bits per heavy atom. The van der Waals surface area contributed by atoms with Crippen LogP contribution in [0.4, 0.5) is 5.82 Å². The molecule has 0 radical (unpaired) electrons. The molecule has 0 aliphatic heterocycles. The van der Waals surface area contributed by atoms with Crippen molar-refractivity contribution in [3.8, 4) is 0 Å². The van der Waals surface area contributed by atoms with E-state index in [4.69, 9.17) is 5.73 Å². The van der Waals surface area contributed by atoms with Crippen LogP contribution in [0.3, 0.4) is 0 Å². The van der Waals surface area contributed by atoms with Gasteiger partial charge in [0.2, 0.25) is 0 Å². The van der Waals surface area contributed by atoms with Crippen molar-refractivity contribution in [3.05, 3.63) is 36.0 Å². The highest BCUT2D eigenvalue weighted by molar-refractivity contribution is 7.90. The molecular formula is C13H15N3O3S. The van der Waals surface area contributed by atoms with Gasteiger partial charge in [-0.2, -0.15) is 0 Å². The Kier molecular flexibility index (Phi) is 3.89. The Morgan fingerprint density at radius 3 is 2.75 bits per heavy atom. The first kappa shape index (κ1) is 14.3. The van der Waals surface area contributed by atoms with Crippen molar-refractivity contribution in [1.29, 1.82) is 0 Å². The molecule has 0 unspecified atom stereocenters. The highest BCUT2D eigenvalue weighted by Crippen LogP contribution is 2.19. The zero-order valence-corrected chi connectivity index (χ0v) is 11.8. The maximum Gasteiger partial charge on any atom is 0.270 e. The van der Waals surface area contributed by atoms with Crippen molar-refractivity contribution < 1.29 is 13.2 Å². The smallest absolute Gasteiger partial charge is 0.270 e. The summed E-state index contributed by atoms with van der Waals surface area (Å²) in [5.74, 6) is -0.274. The van der Waals surface area contributed by atoms with Gasteiger partial charge < -0.3 is 11.1 Å². The van der Waals surface area contributed by atoms with Crippen LogP contribution in [0.15, 0.2) is 30.3 Å². The third-order valence-corrected chi connectivity index (χ3v) is 3.71. The molecule has 3 N–H and O–H groups in total. The summed E-state index contributed by atoms with van der Waals surface area (Å²) in [5.41, 5.74) is 5.98. The molecule has 0 aliphatic rings. The van der Waals surface area contributed by atoms with Crippen LogP contribution in [0.1, 0.15) is 10.5 Å². The van der Waals surface area contributed by atoms with Crippen LogP contribution in [0.5, 0.6) is 0 Å². The molecule has 1 amide bonds. The quantitative estimate of drug-likeness (QED) is 0.859. The lowest BCUT2D eigenvalue weighted by molar-refractivity contribution is 0.0951. The van der Waals surface area contributed by atoms with Crippen molar-refractivity contribution in [2.24, 2.45) is 0 Å². The van der Waals surface area contributed by atoms with E-state index < -0.39 is 15.7 Å². The van der Waals surface area contributed by atoms with Crippen molar-refractivity contribution >= 4 is 32.3 Å². The average molecular weight is 293 g/mol. The first-order valence-corrected chi connectivity index (χ1v) is 8.04. The molecule has 0 saturated carbocycles. The summed E-state index contributed by atoms with van der Waals surface area (Å²) in [6.45, 7) is 0.0477. The van der Waals surface area contributed by atoms with Gasteiger partial charge in [0.25, 0.3) is 5.91 Å². The van der Waals surface area contributed by atoms with Crippen molar-refractivity contribution in [2.45, 2.75) is 0 Å². The summed E-state index contributed by atoms with van der Waals surface area (Å²) >= 11 is 0. The van der Waals surface area contributed by atoms with Crippen molar-refractivity contribution in [1.82, 2.24) is 10.3 Å². The van der Waals surface area contributed by atoms with E-state index in [-0.39, 0.29) is 23.8 Å². The Bertz CT molecular complexity index is 757. The van der Waals surface area contributed by atoms with Gasteiger partial charge in [0, 0.05) is 18.2 Å². The Labute approximate surface area is 116 Å². The summed E-state index contributed by atoms with van der Waals surface area (Å²) in [5, 5.41) is 4.10. The van der Waals surface area contributed by atoms with Crippen LogP contribution in [0, 0.1) is 0 Å². The normalized spacial score (nSPS) is 11.4. The zero-order valence-electron chi connectivity index (χ0n) is 11.0. The number of aromatic nitrogens is 1. The summed E-state index contributed by atoms with van der Waals surface area (Å²) in [7, 11) is -3.10. The van der Waals surface area contributed by atoms with Crippen molar-refractivity contribution in [3.63, 3.8) is 0 Å². The van der Waals surface area contributed by atoms with Gasteiger partial charge >= 0.3 is 0 Å². The van der Waals surface area contributed by atoms with E-state index in [0.717, 1.165) is 17.0 Å². The van der Waals surface area contributed by atoms with Crippen LogP contribution in [-0.2, 0) is 9.84 Å². The fraction of sp³-hybridized carbons (Fsp3) is 0.231. The minimum Gasteiger partial charge on any atom is -0.383 e. The molecule has 0 spiro atoms. The van der Waals surface area contributed by atoms with Crippen LogP contribution in [0.25, 0.3) is 10.8 Å². The molecule has 0 aliphatic carbocycles. The lowest BCUT2D eigenvalue weighted by atomic mass is 10.1. The molecule has 7 heteroatoms. The maximum atomic E-state index is 11.9. The molecule has 0 saturated heterocycles. The second-order valence-corrected chi connectivity index (χ2v) is 6.76. The molecule has 1 heterocycles. The number of carbonyl (C=O) groups excluding carboxylic acids is 1. The van der Waals surface area contributed by atoms with Gasteiger partial charge in [-0.05, 0) is 11.5 Å². The number of carbonyl (C=O) groups is 1. The van der Waals surface area contributed by atoms with Crippen LogP contribution < -0.4 is 11.1 Å². The molecule has 0 bridgehead atoms. The Hall–Kier alpha value is -2.15.